The number of Topliss-reactive ketones (excluding diaryl/α,β-unsaturated/α-hetero) is 1. The van der Waals surface area contributed by atoms with E-state index in [0.29, 0.717) is 13.1 Å². The van der Waals surface area contributed by atoms with Gasteiger partial charge in [-0.2, -0.15) is 0 Å². The number of hydrogen-bond acceptors (Lipinski definition) is 17. The van der Waals surface area contributed by atoms with Gasteiger partial charge in [0.1, 0.15) is 73.2 Å². The first-order chi connectivity index (χ1) is 19.2. The molecule has 250 valence electrons. The zero-order chi connectivity index (χ0) is 31.2. The summed E-state index contributed by atoms with van der Waals surface area (Å²) >= 11 is 0. The molecule has 2 aliphatic heterocycles. The lowest BCUT2D eigenvalue weighted by Crippen LogP contribution is -2.62. The Hall–Kier alpha value is -0.680. The maximum Gasteiger partial charge on any atom is 0.186 e. The first-order valence-corrected chi connectivity index (χ1v) is 13.4. The van der Waals surface area contributed by atoms with Gasteiger partial charge in [0, 0.05) is 0 Å². The van der Waals surface area contributed by atoms with Crippen molar-refractivity contribution in [1.29, 1.82) is 0 Å². The summed E-state index contributed by atoms with van der Waals surface area (Å²) in [4.78, 5) is 14.2. The predicted molar refractivity (Wildman–Crippen MR) is 141 cm³/mol. The second-order valence-corrected chi connectivity index (χ2v) is 10.2. The van der Waals surface area contributed by atoms with Gasteiger partial charge in [-0.05, 0) is 20.0 Å². The van der Waals surface area contributed by atoms with Crippen molar-refractivity contribution in [1.82, 2.24) is 4.90 Å². The summed E-state index contributed by atoms with van der Waals surface area (Å²) in [6.45, 7) is 3.96. The van der Waals surface area contributed by atoms with E-state index in [-0.39, 0.29) is 12.4 Å². The van der Waals surface area contributed by atoms with Crippen LogP contribution >= 0.6 is 12.4 Å². The van der Waals surface area contributed by atoms with Crippen LogP contribution in [0.3, 0.4) is 0 Å². The van der Waals surface area contributed by atoms with E-state index >= 15 is 0 Å². The van der Waals surface area contributed by atoms with E-state index in [1.807, 2.05) is 0 Å². The van der Waals surface area contributed by atoms with Crippen molar-refractivity contribution < 1.29 is 79.9 Å². The molecule has 2 saturated heterocycles. The van der Waals surface area contributed by atoms with Crippen LogP contribution in [0.5, 0.6) is 0 Å². The molecule has 0 amide bonds. The molecule has 0 bridgehead atoms. The molecule has 0 radical (unpaired) electrons. The van der Waals surface area contributed by atoms with Crippen molar-refractivity contribution in [2.75, 3.05) is 32.9 Å². The molecule has 0 spiro atoms. The summed E-state index contributed by atoms with van der Waals surface area (Å²) in [5, 5.41) is 111. The van der Waals surface area contributed by atoms with Crippen LogP contribution in [0.2, 0.25) is 0 Å². The molecule has 1 unspecified atom stereocenters. The standard InChI is InChI=1S/C24H45NO16.ClH/c1-4-25(5-2)9(3)13(28)17(32)18(33)14(29)10(27)7-38-23-22(37)20(35)16(31)12(41-23)8-39-24-21(36)19(34)15(30)11(6-26)40-24;/h9-12,14-24,26-27,29-37H,4-8H2,1-3H3;1H/t9?,10-,11-,12-,14-,15-,16-,17+,18+,19+,20+,21-,22-,23+,24+;/m1./s1. The van der Waals surface area contributed by atoms with Crippen molar-refractivity contribution in [3.05, 3.63) is 0 Å². The Morgan fingerprint density at radius 3 is 1.74 bits per heavy atom. The Morgan fingerprint density at radius 1 is 0.762 bits per heavy atom. The van der Waals surface area contributed by atoms with Crippen molar-refractivity contribution >= 4 is 18.2 Å². The van der Waals surface area contributed by atoms with Gasteiger partial charge >= 0.3 is 0 Å². The van der Waals surface area contributed by atoms with Crippen molar-refractivity contribution in [2.45, 2.75) is 113 Å². The van der Waals surface area contributed by atoms with Crippen LogP contribution in [0.4, 0.5) is 0 Å². The Morgan fingerprint density at radius 2 is 1.24 bits per heavy atom. The van der Waals surface area contributed by atoms with Crippen LogP contribution in [0.1, 0.15) is 20.8 Å². The van der Waals surface area contributed by atoms with Gasteiger partial charge in [-0.25, -0.2) is 0 Å². The third-order valence-corrected chi connectivity index (χ3v) is 7.50. The SMILES string of the molecule is CCN(CC)C(C)C(=O)[C@H](O)[C@@H](O)[C@H](O)[C@H](O)CO[C@H]1O[C@H](CO[C@H]2O[C@H](CO)[C@@H](O)[C@H](O)[C@H]2O)[C@@H](O)[C@H](O)[C@H]1O.Cl. The number of aliphatic hydroxyl groups excluding tert-OH is 11. The van der Waals surface area contributed by atoms with Crippen LogP contribution in [0.15, 0.2) is 0 Å². The molecule has 2 heterocycles. The highest BCUT2D eigenvalue weighted by atomic mass is 35.5. The van der Waals surface area contributed by atoms with E-state index in [2.05, 4.69) is 0 Å². The number of carbonyl (C=O) groups is 1. The van der Waals surface area contributed by atoms with E-state index in [4.69, 9.17) is 18.9 Å². The Kier molecular flexibility index (Phi) is 16.6. The maximum atomic E-state index is 12.5. The first-order valence-electron chi connectivity index (χ1n) is 13.4. The minimum absolute atomic E-state index is 0. The molecule has 42 heavy (non-hydrogen) atoms. The number of ether oxygens (including phenoxy) is 4. The molecular formula is C24H46ClNO16. The van der Waals surface area contributed by atoms with E-state index < -0.39 is 117 Å². The molecular weight excluding hydrogens is 594 g/mol. The molecule has 0 aromatic carbocycles. The van der Waals surface area contributed by atoms with Gasteiger partial charge in [-0.3, -0.25) is 9.69 Å². The summed E-state index contributed by atoms with van der Waals surface area (Å²) < 4.78 is 21.1. The number of nitrogens with zero attached hydrogens (tertiary/aromatic N) is 1. The highest BCUT2D eigenvalue weighted by molar-refractivity contribution is 5.88. The molecule has 0 aliphatic carbocycles. The fraction of sp³-hybridized carbons (Fsp3) is 0.958. The fourth-order valence-corrected chi connectivity index (χ4v) is 4.66. The Balaban J connectivity index is 0.00000882. The second kappa shape index (κ2) is 17.7. The first kappa shape index (κ1) is 39.3. The topological polar surface area (TPSA) is 280 Å². The molecule has 18 heteroatoms. The number of likely N-dealkylation sites (N-methyl/N-ethyl adjacent to an activating group) is 1. The molecule has 2 fully saturated rings. The number of carbonyl (C=O) groups excluding carboxylic acids is 1. The highest BCUT2D eigenvalue weighted by Crippen LogP contribution is 2.26. The molecule has 0 aromatic heterocycles. The molecule has 0 aromatic rings. The van der Waals surface area contributed by atoms with Crippen molar-refractivity contribution in [3.8, 4) is 0 Å². The molecule has 11 N–H and O–H groups in total. The third-order valence-electron chi connectivity index (χ3n) is 7.50. The van der Waals surface area contributed by atoms with Crippen molar-refractivity contribution in [3.63, 3.8) is 0 Å². The Bertz CT molecular complexity index is 796. The molecule has 0 saturated carbocycles. The Labute approximate surface area is 248 Å². The van der Waals surface area contributed by atoms with E-state index in [1.54, 1.807) is 18.7 Å². The van der Waals surface area contributed by atoms with E-state index in [0.717, 1.165) is 0 Å². The lowest BCUT2D eigenvalue weighted by molar-refractivity contribution is -0.333. The minimum atomic E-state index is -2.09. The zero-order valence-corrected chi connectivity index (χ0v) is 24.3. The van der Waals surface area contributed by atoms with Crippen LogP contribution in [0.25, 0.3) is 0 Å². The summed E-state index contributed by atoms with van der Waals surface area (Å²) in [7, 11) is 0. The molecule has 2 rings (SSSR count). The van der Waals surface area contributed by atoms with Crippen LogP contribution in [0, 0.1) is 0 Å². The van der Waals surface area contributed by atoms with Gasteiger partial charge in [0.2, 0.25) is 0 Å². The molecule has 15 atom stereocenters. The number of rotatable bonds is 15. The summed E-state index contributed by atoms with van der Waals surface area (Å²) in [5.41, 5.74) is 0. The number of hydrogen-bond donors (Lipinski definition) is 11. The summed E-state index contributed by atoms with van der Waals surface area (Å²) in [6, 6.07) is -0.781. The average Bonchev–Trinajstić information content (AvgIpc) is 2.97. The van der Waals surface area contributed by atoms with Gasteiger partial charge in [0.15, 0.2) is 18.4 Å². The molecule has 2 aliphatic rings. The normalized spacial score (nSPS) is 37.4. The van der Waals surface area contributed by atoms with Crippen LogP contribution < -0.4 is 0 Å². The van der Waals surface area contributed by atoms with Gasteiger partial charge in [-0.1, -0.05) is 13.8 Å². The largest absolute Gasteiger partial charge is 0.394 e. The summed E-state index contributed by atoms with van der Waals surface area (Å²) in [5.74, 6) is -0.779. The van der Waals surface area contributed by atoms with Gasteiger partial charge in [-0.15, -0.1) is 12.4 Å². The second-order valence-electron chi connectivity index (χ2n) is 10.2. The van der Waals surface area contributed by atoms with E-state index in [9.17, 15) is 61.0 Å². The summed E-state index contributed by atoms with van der Waals surface area (Å²) in [6.07, 6.45) is -24.7. The fourth-order valence-electron chi connectivity index (χ4n) is 4.66. The third kappa shape index (κ3) is 9.18. The smallest absolute Gasteiger partial charge is 0.186 e. The van der Waals surface area contributed by atoms with Gasteiger partial charge < -0.3 is 75.1 Å². The van der Waals surface area contributed by atoms with Gasteiger partial charge in [0.25, 0.3) is 0 Å². The van der Waals surface area contributed by atoms with E-state index in [1.165, 1.54) is 6.92 Å². The van der Waals surface area contributed by atoms with Crippen LogP contribution in [-0.2, 0) is 23.7 Å². The molecule has 17 nitrogen and oxygen atoms in total. The van der Waals surface area contributed by atoms with Gasteiger partial charge in [0.05, 0.1) is 25.9 Å². The number of ketones is 1. The lowest BCUT2D eigenvalue weighted by Gasteiger charge is -2.42. The highest BCUT2D eigenvalue weighted by Gasteiger charge is 2.48. The number of halogens is 1. The average molecular weight is 640 g/mol. The monoisotopic (exact) mass is 639 g/mol. The number of aliphatic hydroxyl groups is 11. The maximum absolute atomic E-state index is 12.5. The quantitative estimate of drug-likeness (QED) is 0.0794. The van der Waals surface area contributed by atoms with Crippen LogP contribution in [-0.4, -0.2) is 192 Å². The zero-order valence-electron chi connectivity index (χ0n) is 23.5. The predicted octanol–water partition coefficient (Wildman–Crippen LogP) is -6.21. The lowest BCUT2D eigenvalue weighted by atomic mass is 9.96. The minimum Gasteiger partial charge on any atom is -0.394 e. The van der Waals surface area contributed by atoms with Crippen molar-refractivity contribution in [2.24, 2.45) is 0 Å².